The van der Waals surface area contributed by atoms with Crippen LogP contribution < -0.4 is 9.47 Å². The number of allylic oxidation sites excluding steroid dienone is 1. The number of likely N-dealkylation sites (tertiary alicyclic amines) is 1. The highest BCUT2D eigenvalue weighted by molar-refractivity contribution is 6.07. The monoisotopic (exact) mass is 512 g/mol. The Bertz CT molecular complexity index is 1440. The number of rotatable bonds is 4. The number of benzene rings is 2. The Labute approximate surface area is 222 Å². The van der Waals surface area contributed by atoms with Gasteiger partial charge in [-0.25, -0.2) is 9.78 Å². The van der Waals surface area contributed by atoms with Crippen molar-refractivity contribution < 1.29 is 23.8 Å². The first-order valence-corrected chi connectivity index (χ1v) is 13.5. The molecule has 3 aromatic rings. The van der Waals surface area contributed by atoms with E-state index in [-0.39, 0.29) is 31.4 Å². The van der Waals surface area contributed by atoms with E-state index in [4.69, 9.17) is 19.2 Å². The maximum atomic E-state index is 13.6. The number of nitrogens with zero attached hydrogens (tertiary/aromatic N) is 2. The lowest BCUT2D eigenvalue weighted by Gasteiger charge is -2.38. The molecular formula is C31H32N2O5. The molecular weight excluding hydrogens is 480 g/mol. The van der Waals surface area contributed by atoms with Gasteiger partial charge >= 0.3 is 5.97 Å². The number of fused-ring (bicyclic) bond motifs is 3. The summed E-state index contributed by atoms with van der Waals surface area (Å²) in [4.78, 5) is 33.5. The average Bonchev–Trinajstić information content (AvgIpc) is 3.39. The molecule has 196 valence electrons. The summed E-state index contributed by atoms with van der Waals surface area (Å²) in [5, 5.41) is 0.757. The molecule has 7 heteroatoms. The number of esters is 1. The Morgan fingerprint density at radius 2 is 1.82 bits per heavy atom. The van der Waals surface area contributed by atoms with Crippen molar-refractivity contribution in [2.45, 2.75) is 64.5 Å². The van der Waals surface area contributed by atoms with E-state index >= 15 is 0 Å². The first kappa shape index (κ1) is 24.5. The van der Waals surface area contributed by atoms with E-state index < -0.39 is 5.97 Å². The van der Waals surface area contributed by atoms with Gasteiger partial charge in [0, 0.05) is 17.5 Å². The quantitative estimate of drug-likeness (QED) is 0.412. The molecule has 2 aliphatic heterocycles. The highest BCUT2D eigenvalue weighted by Gasteiger charge is 2.31. The maximum absolute atomic E-state index is 13.6. The number of para-hydroxylation sites is 1. The minimum absolute atomic E-state index is 0.131. The molecule has 6 rings (SSSR count). The van der Waals surface area contributed by atoms with Crippen LogP contribution in [0.1, 0.15) is 73.1 Å². The predicted molar refractivity (Wildman–Crippen MR) is 145 cm³/mol. The molecule has 2 aromatic carbocycles. The Morgan fingerprint density at radius 1 is 1.03 bits per heavy atom. The number of amides is 1. The molecule has 1 fully saturated rings. The third-order valence-electron chi connectivity index (χ3n) is 7.92. The third-order valence-corrected chi connectivity index (χ3v) is 7.92. The zero-order chi connectivity index (χ0) is 26.2. The smallest absolute Gasteiger partial charge is 0.339 e. The minimum Gasteiger partial charge on any atom is -0.454 e. The van der Waals surface area contributed by atoms with E-state index in [9.17, 15) is 9.59 Å². The zero-order valence-electron chi connectivity index (χ0n) is 21.9. The summed E-state index contributed by atoms with van der Waals surface area (Å²) in [7, 11) is 0. The van der Waals surface area contributed by atoms with Gasteiger partial charge in [-0.1, -0.05) is 24.3 Å². The van der Waals surface area contributed by atoms with E-state index in [1.54, 1.807) is 0 Å². The summed E-state index contributed by atoms with van der Waals surface area (Å²) in [5.41, 5.74) is 5.03. The topological polar surface area (TPSA) is 78.0 Å². The molecule has 0 bridgehead atoms. The molecule has 2 atom stereocenters. The molecule has 0 spiro atoms. The summed E-state index contributed by atoms with van der Waals surface area (Å²) in [6.45, 7) is 4.11. The highest BCUT2D eigenvalue weighted by Crippen LogP contribution is 2.38. The Morgan fingerprint density at radius 3 is 2.66 bits per heavy atom. The van der Waals surface area contributed by atoms with Crippen molar-refractivity contribution in [1.82, 2.24) is 9.88 Å². The van der Waals surface area contributed by atoms with Gasteiger partial charge in [0.15, 0.2) is 18.1 Å². The van der Waals surface area contributed by atoms with Gasteiger partial charge in [-0.3, -0.25) is 4.79 Å². The summed E-state index contributed by atoms with van der Waals surface area (Å²) < 4.78 is 16.7. The second-order valence-electron chi connectivity index (χ2n) is 10.5. The lowest BCUT2D eigenvalue weighted by molar-refractivity contribution is -0.140. The molecule has 3 heterocycles. The van der Waals surface area contributed by atoms with Crippen LogP contribution in [0.4, 0.5) is 0 Å². The summed E-state index contributed by atoms with van der Waals surface area (Å²) >= 11 is 0. The van der Waals surface area contributed by atoms with Gasteiger partial charge in [0.05, 0.1) is 16.8 Å². The zero-order valence-corrected chi connectivity index (χ0v) is 21.9. The van der Waals surface area contributed by atoms with Crippen LogP contribution in [0, 0.1) is 0 Å². The van der Waals surface area contributed by atoms with Gasteiger partial charge in [0.25, 0.3) is 5.91 Å². The van der Waals surface area contributed by atoms with Crippen LogP contribution in [-0.4, -0.2) is 47.2 Å². The first-order chi connectivity index (χ1) is 18.5. The standard InChI is InChI=1S/C31H32N2O5/c1-19-7-5-8-20(2)33(19)28(34)17-36-31(35)29-23-10-3-4-12-25(23)32-30-22(9-6-11-24(29)30)15-21-13-14-26-27(16-21)38-18-37-26/h3-4,10,12-16,19-20H,5-9,11,17-18H2,1-2H3/b22-15-. The molecule has 7 nitrogen and oxygen atoms in total. The second kappa shape index (κ2) is 10.1. The molecule has 2 unspecified atom stereocenters. The Balaban J connectivity index is 1.33. The van der Waals surface area contributed by atoms with Crippen LogP contribution in [0.25, 0.3) is 22.6 Å². The van der Waals surface area contributed by atoms with Crippen LogP contribution >= 0.6 is 0 Å². The number of ether oxygens (including phenoxy) is 3. The van der Waals surface area contributed by atoms with E-state index in [1.165, 1.54) is 0 Å². The van der Waals surface area contributed by atoms with Gasteiger partial charge in [-0.15, -0.1) is 0 Å². The normalized spacial score (nSPS) is 21.4. The minimum atomic E-state index is -0.463. The molecule has 0 N–H and O–H groups in total. The number of pyridine rings is 1. The van der Waals surface area contributed by atoms with E-state index in [0.717, 1.165) is 83.3 Å². The lowest BCUT2D eigenvalue weighted by atomic mass is 9.86. The number of aromatic nitrogens is 1. The Hall–Kier alpha value is -3.87. The molecule has 38 heavy (non-hydrogen) atoms. The van der Waals surface area contributed by atoms with Crippen LogP contribution in [0.5, 0.6) is 11.5 Å². The molecule has 1 saturated heterocycles. The SMILES string of the molecule is CC1CCCC(C)N1C(=O)COC(=O)c1c2c(nc3ccccc13)/C(=C\c1ccc3c(c1)OCO3)CCC2. The number of carbonyl (C=O) groups excluding carboxylic acids is 2. The number of carbonyl (C=O) groups is 2. The van der Waals surface area contributed by atoms with E-state index in [0.29, 0.717) is 5.56 Å². The summed E-state index contributed by atoms with van der Waals surface area (Å²) in [5.74, 6) is 0.880. The van der Waals surface area contributed by atoms with Crippen LogP contribution in [0.3, 0.4) is 0 Å². The Kier molecular flexibility index (Phi) is 6.52. The highest BCUT2D eigenvalue weighted by atomic mass is 16.7. The second-order valence-corrected chi connectivity index (χ2v) is 10.5. The van der Waals surface area contributed by atoms with E-state index in [1.807, 2.05) is 47.4 Å². The average molecular weight is 513 g/mol. The van der Waals surface area contributed by atoms with Crippen molar-refractivity contribution in [2.24, 2.45) is 0 Å². The fraction of sp³-hybridized carbons (Fsp3) is 0.387. The number of piperidine rings is 1. The van der Waals surface area contributed by atoms with Crippen molar-refractivity contribution in [3.8, 4) is 11.5 Å². The summed E-state index contributed by atoms with van der Waals surface area (Å²) in [6.07, 6.45) is 7.65. The van der Waals surface area contributed by atoms with Gasteiger partial charge in [-0.2, -0.15) is 0 Å². The van der Waals surface area contributed by atoms with Crippen LogP contribution in [-0.2, 0) is 16.0 Å². The molecule has 0 radical (unpaired) electrons. The lowest BCUT2D eigenvalue weighted by Crippen LogP contribution is -2.49. The van der Waals surface area contributed by atoms with Gasteiger partial charge in [0.2, 0.25) is 6.79 Å². The van der Waals surface area contributed by atoms with Crippen molar-refractivity contribution in [1.29, 1.82) is 0 Å². The number of hydrogen-bond donors (Lipinski definition) is 0. The molecule has 0 saturated carbocycles. The summed E-state index contributed by atoms with van der Waals surface area (Å²) in [6, 6.07) is 13.8. The van der Waals surface area contributed by atoms with Crippen molar-refractivity contribution >= 4 is 34.4 Å². The largest absolute Gasteiger partial charge is 0.454 e. The third kappa shape index (κ3) is 4.51. The maximum Gasteiger partial charge on any atom is 0.339 e. The molecule has 3 aliphatic rings. The van der Waals surface area contributed by atoms with Crippen molar-refractivity contribution in [3.63, 3.8) is 0 Å². The fourth-order valence-corrected chi connectivity index (χ4v) is 6.10. The predicted octanol–water partition coefficient (Wildman–Crippen LogP) is 5.79. The fourth-order valence-electron chi connectivity index (χ4n) is 6.10. The first-order valence-electron chi connectivity index (χ1n) is 13.5. The van der Waals surface area contributed by atoms with Crippen molar-refractivity contribution in [2.75, 3.05) is 13.4 Å². The van der Waals surface area contributed by atoms with Gasteiger partial charge < -0.3 is 19.1 Å². The van der Waals surface area contributed by atoms with E-state index in [2.05, 4.69) is 19.9 Å². The molecule has 1 amide bonds. The van der Waals surface area contributed by atoms with Crippen LogP contribution in [0.2, 0.25) is 0 Å². The molecule has 1 aliphatic carbocycles. The van der Waals surface area contributed by atoms with Gasteiger partial charge in [-0.05, 0) is 93.3 Å². The van der Waals surface area contributed by atoms with Crippen molar-refractivity contribution in [3.05, 3.63) is 64.8 Å². The van der Waals surface area contributed by atoms with Crippen LogP contribution in [0.15, 0.2) is 42.5 Å². The van der Waals surface area contributed by atoms with Gasteiger partial charge in [0.1, 0.15) is 0 Å². The number of hydrogen-bond acceptors (Lipinski definition) is 6. The molecule has 1 aromatic heterocycles.